The summed E-state index contributed by atoms with van der Waals surface area (Å²) in [5.41, 5.74) is 0.0580. The Morgan fingerprint density at radius 3 is 2.85 bits per heavy atom. The molecule has 3 N–H and O–H groups in total. The van der Waals surface area contributed by atoms with E-state index < -0.39 is 11.7 Å². The maximum atomic E-state index is 10.9. The lowest BCUT2D eigenvalue weighted by Crippen LogP contribution is -2.27. The summed E-state index contributed by atoms with van der Waals surface area (Å²) in [5.74, 6) is -1.43. The zero-order valence-electron chi connectivity index (χ0n) is 6.13. The van der Waals surface area contributed by atoms with Crippen LogP contribution in [0.2, 0.25) is 0 Å². The molecule has 0 aliphatic carbocycles. The minimum Gasteiger partial charge on any atom is -0.502 e. The van der Waals surface area contributed by atoms with E-state index in [1.165, 1.54) is 0 Å². The van der Waals surface area contributed by atoms with Gasteiger partial charge < -0.3 is 10.4 Å². The van der Waals surface area contributed by atoms with E-state index in [2.05, 4.69) is 15.3 Å². The number of carbonyl (C=O) groups excluding carboxylic acids is 1. The Morgan fingerprint density at radius 1 is 1.46 bits per heavy atom. The summed E-state index contributed by atoms with van der Waals surface area (Å²) in [6.45, 7) is 0. The number of nitrogens with zero attached hydrogens (tertiary/aromatic N) is 2. The summed E-state index contributed by atoms with van der Waals surface area (Å²) in [5, 5.41) is 18.4. The van der Waals surface area contributed by atoms with Crippen LogP contribution in [0.3, 0.4) is 0 Å². The lowest BCUT2D eigenvalue weighted by Gasteiger charge is -2.05. The average Bonchev–Trinajstić information content (AvgIpc) is 2.27. The molecule has 2 aliphatic heterocycles. The summed E-state index contributed by atoms with van der Waals surface area (Å²) < 4.78 is 0. The highest BCUT2D eigenvalue weighted by Crippen LogP contribution is 2.18. The molecule has 0 saturated carbocycles. The van der Waals surface area contributed by atoms with Crippen LogP contribution in [-0.2, 0) is 4.79 Å². The molecular formula is C6H3ClN4O2. The number of carbonyl (C=O) groups is 1. The van der Waals surface area contributed by atoms with Crippen LogP contribution in [0.25, 0.3) is 0 Å². The molecule has 13 heavy (non-hydrogen) atoms. The van der Waals surface area contributed by atoms with Crippen LogP contribution < -0.4 is 5.32 Å². The van der Waals surface area contributed by atoms with Gasteiger partial charge in [0.05, 0.1) is 0 Å². The number of guanidine groups is 1. The molecule has 0 aromatic carbocycles. The van der Waals surface area contributed by atoms with Gasteiger partial charge in [0.15, 0.2) is 11.6 Å². The summed E-state index contributed by atoms with van der Waals surface area (Å²) >= 11 is 5.59. The van der Waals surface area contributed by atoms with E-state index in [9.17, 15) is 9.90 Å². The van der Waals surface area contributed by atoms with Crippen LogP contribution in [0, 0.1) is 5.41 Å². The first-order valence-corrected chi connectivity index (χ1v) is 3.64. The fourth-order valence-corrected chi connectivity index (χ4v) is 1.27. The summed E-state index contributed by atoms with van der Waals surface area (Å²) in [4.78, 5) is 18.0. The predicted octanol–water partition coefficient (Wildman–Crippen LogP) is -0.0875. The summed E-state index contributed by atoms with van der Waals surface area (Å²) in [7, 11) is 0. The SMILES string of the molecule is N=C1N=C(Cl)C2=C(O)C(=O)NC2=N1. The third kappa shape index (κ3) is 1.03. The van der Waals surface area contributed by atoms with Gasteiger partial charge in [-0.25, -0.2) is 0 Å². The predicted molar refractivity (Wildman–Crippen MR) is 46.2 cm³/mol. The Kier molecular flexibility index (Phi) is 1.46. The molecular weight excluding hydrogens is 196 g/mol. The number of aliphatic hydroxyl groups is 1. The smallest absolute Gasteiger partial charge is 0.292 e. The number of aliphatic hydroxyl groups excluding tert-OH is 1. The minimum atomic E-state index is -0.684. The molecule has 0 aromatic rings. The maximum absolute atomic E-state index is 10.9. The van der Waals surface area contributed by atoms with Gasteiger partial charge in [0, 0.05) is 0 Å². The molecule has 0 bridgehead atoms. The summed E-state index contributed by atoms with van der Waals surface area (Å²) in [6, 6.07) is 0. The molecule has 1 amide bonds. The van der Waals surface area contributed by atoms with Crippen LogP contribution in [0.4, 0.5) is 0 Å². The molecule has 0 spiro atoms. The van der Waals surface area contributed by atoms with E-state index >= 15 is 0 Å². The first-order valence-electron chi connectivity index (χ1n) is 3.26. The number of hydrogen-bond donors (Lipinski definition) is 3. The number of halogens is 1. The highest BCUT2D eigenvalue weighted by molar-refractivity contribution is 6.75. The van der Waals surface area contributed by atoms with Crippen LogP contribution in [-0.4, -0.2) is 28.0 Å². The number of fused-ring (bicyclic) bond motifs is 1. The zero-order valence-corrected chi connectivity index (χ0v) is 6.88. The van der Waals surface area contributed by atoms with Crippen LogP contribution >= 0.6 is 11.6 Å². The van der Waals surface area contributed by atoms with E-state index in [-0.39, 0.29) is 22.5 Å². The van der Waals surface area contributed by atoms with Gasteiger partial charge in [-0.2, -0.15) is 9.98 Å². The number of hydrogen-bond acceptors (Lipinski definition) is 3. The van der Waals surface area contributed by atoms with Gasteiger partial charge in [-0.3, -0.25) is 10.2 Å². The molecule has 2 rings (SSSR count). The molecule has 0 aromatic heterocycles. The molecule has 6 nitrogen and oxygen atoms in total. The Morgan fingerprint density at radius 2 is 2.15 bits per heavy atom. The fraction of sp³-hybridized carbons (Fsp3) is 0. The van der Waals surface area contributed by atoms with Crippen molar-refractivity contribution < 1.29 is 9.90 Å². The van der Waals surface area contributed by atoms with Crippen molar-refractivity contribution in [3.05, 3.63) is 11.3 Å². The topological polar surface area (TPSA) is 97.9 Å². The van der Waals surface area contributed by atoms with E-state index in [4.69, 9.17) is 17.0 Å². The minimum absolute atomic E-state index is 0.0580. The largest absolute Gasteiger partial charge is 0.502 e. The number of nitrogens with one attached hydrogen (secondary N) is 2. The van der Waals surface area contributed by atoms with Gasteiger partial charge in [-0.1, -0.05) is 11.6 Å². The van der Waals surface area contributed by atoms with Gasteiger partial charge in [-0.05, 0) is 0 Å². The summed E-state index contributed by atoms with van der Waals surface area (Å²) in [6.07, 6.45) is 0. The number of aliphatic imine (C=N–C) groups is 2. The standard InChI is InChI=1S/C6H3ClN4O2/c7-3-1-2(12)5(13)10-4(1)11-6(8)9-3/h(H3,8,9,10,11,12,13). The Hall–Kier alpha value is -1.69. The van der Waals surface area contributed by atoms with E-state index in [0.717, 1.165) is 0 Å². The second kappa shape index (κ2) is 2.40. The third-order valence-corrected chi connectivity index (χ3v) is 1.82. The van der Waals surface area contributed by atoms with E-state index in [1.807, 2.05) is 0 Å². The van der Waals surface area contributed by atoms with Crippen molar-refractivity contribution in [3.8, 4) is 0 Å². The molecule has 66 valence electrons. The molecule has 7 heteroatoms. The molecule has 0 unspecified atom stereocenters. The Balaban J connectivity index is 2.61. The average molecular weight is 199 g/mol. The Labute approximate surface area is 77.1 Å². The quantitative estimate of drug-likeness (QED) is 0.507. The van der Waals surface area contributed by atoms with Gasteiger partial charge in [0.2, 0.25) is 5.96 Å². The van der Waals surface area contributed by atoms with Crippen molar-refractivity contribution in [1.82, 2.24) is 5.32 Å². The van der Waals surface area contributed by atoms with Gasteiger partial charge in [-0.15, -0.1) is 0 Å². The van der Waals surface area contributed by atoms with Gasteiger partial charge in [0.25, 0.3) is 5.91 Å². The van der Waals surface area contributed by atoms with Crippen molar-refractivity contribution in [1.29, 1.82) is 5.41 Å². The van der Waals surface area contributed by atoms with Crippen molar-refractivity contribution in [3.63, 3.8) is 0 Å². The van der Waals surface area contributed by atoms with Crippen LogP contribution in [0.5, 0.6) is 0 Å². The molecule has 0 radical (unpaired) electrons. The van der Waals surface area contributed by atoms with Gasteiger partial charge >= 0.3 is 0 Å². The highest BCUT2D eigenvalue weighted by atomic mass is 35.5. The number of amidine groups is 1. The molecule has 0 saturated heterocycles. The third-order valence-electron chi connectivity index (χ3n) is 1.55. The van der Waals surface area contributed by atoms with Crippen LogP contribution in [0.1, 0.15) is 0 Å². The first-order chi connectivity index (χ1) is 6.09. The number of amides is 1. The fourth-order valence-electron chi connectivity index (χ4n) is 1.01. The molecule has 2 aliphatic rings. The molecule has 0 atom stereocenters. The van der Waals surface area contributed by atoms with Gasteiger partial charge in [0.1, 0.15) is 10.7 Å². The second-order valence-corrected chi connectivity index (χ2v) is 2.72. The van der Waals surface area contributed by atoms with Crippen molar-refractivity contribution in [2.45, 2.75) is 0 Å². The lowest BCUT2D eigenvalue weighted by molar-refractivity contribution is -0.118. The van der Waals surface area contributed by atoms with Crippen molar-refractivity contribution in [2.24, 2.45) is 9.98 Å². The van der Waals surface area contributed by atoms with Crippen molar-refractivity contribution in [2.75, 3.05) is 0 Å². The van der Waals surface area contributed by atoms with E-state index in [0.29, 0.717) is 0 Å². The highest BCUT2D eigenvalue weighted by Gasteiger charge is 2.33. The molecule has 0 fully saturated rings. The first kappa shape index (κ1) is 7.93. The zero-order chi connectivity index (χ0) is 9.59. The second-order valence-electron chi connectivity index (χ2n) is 2.36. The maximum Gasteiger partial charge on any atom is 0.292 e. The van der Waals surface area contributed by atoms with Crippen LogP contribution in [0.15, 0.2) is 21.3 Å². The molecule has 2 heterocycles. The Bertz CT molecular complexity index is 420. The lowest BCUT2D eigenvalue weighted by atomic mass is 10.2. The number of rotatable bonds is 0. The monoisotopic (exact) mass is 198 g/mol. The van der Waals surface area contributed by atoms with Crippen molar-refractivity contribution >= 4 is 34.5 Å². The normalized spacial score (nSPS) is 21.0. The van der Waals surface area contributed by atoms with E-state index in [1.54, 1.807) is 0 Å².